The van der Waals surface area contributed by atoms with Crippen molar-refractivity contribution in [2.75, 3.05) is 13.1 Å². The van der Waals surface area contributed by atoms with Crippen LogP contribution in [-0.2, 0) is 48.1 Å². The van der Waals surface area contributed by atoms with E-state index in [-0.39, 0.29) is 160 Å². The van der Waals surface area contributed by atoms with E-state index in [1.165, 1.54) is 12.1 Å². The quantitative estimate of drug-likeness (QED) is 0.0139. The monoisotopic (exact) mass is 1040 g/mol. The van der Waals surface area contributed by atoms with Gasteiger partial charge < -0.3 is 29.2 Å². The number of ether oxygens (including phenoxy) is 1. The first-order chi connectivity index (χ1) is 31.8. The molecule has 8 rings (SSSR count). The van der Waals surface area contributed by atoms with Crippen LogP contribution in [0.4, 0.5) is 0 Å². The Hall–Kier alpha value is -3.41. The summed E-state index contributed by atoms with van der Waals surface area (Å²) in [7, 11) is -16.7. The topological polar surface area (TPSA) is 264 Å². The molecule has 23 heteroatoms. The van der Waals surface area contributed by atoms with Crippen LogP contribution >= 0.6 is 0 Å². The number of hydrogen-bond acceptors (Lipinski definition) is 13. The average Bonchev–Trinajstić information content (AvgIpc) is 3.28. The number of esters is 1. The van der Waals surface area contributed by atoms with Crippen molar-refractivity contribution in [1.82, 2.24) is 10.0 Å². The van der Waals surface area contributed by atoms with E-state index < -0.39 is 63.9 Å². The molecular weight excluding hydrogens is 1000 g/mol. The summed E-state index contributed by atoms with van der Waals surface area (Å²) in [6.45, 7) is 1.95. The van der Waals surface area contributed by atoms with Crippen LogP contribution in [0.25, 0.3) is 43.4 Å². The maximum Gasteiger partial charge on any atom is 1.00 e. The van der Waals surface area contributed by atoms with Crippen LogP contribution in [0.5, 0.6) is 5.75 Å². The van der Waals surface area contributed by atoms with Crippen LogP contribution < -0.4 is 132 Å². The van der Waals surface area contributed by atoms with Crippen molar-refractivity contribution in [3.63, 3.8) is 0 Å². The molecule has 0 atom stereocenters. The number of hydrogen-bond donors (Lipinski definition) is 4. The van der Waals surface area contributed by atoms with Gasteiger partial charge in [-0.3, -0.25) is 9.59 Å². The number of aromatic nitrogens is 2. The van der Waals surface area contributed by atoms with Gasteiger partial charge in [0.1, 0.15) is 26.0 Å². The Labute approximate surface area is 482 Å². The van der Waals surface area contributed by atoms with Crippen molar-refractivity contribution in [2.45, 2.75) is 41.1 Å². The van der Waals surface area contributed by atoms with Gasteiger partial charge in [0.2, 0.25) is 10.0 Å². The molecule has 2 aromatic heterocycles. The zero-order valence-corrected chi connectivity index (χ0v) is 46.0. The zero-order chi connectivity index (χ0) is 47.8. The third-order valence-electron chi connectivity index (χ3n) is 11.1. The summed E-state index contributed by atoms with van der Waals surface area (Å²) in [5, 5.41) is 20.9. The molecule has 2 heterocycles. The Balaban J connectivity index is 0.00000391. The maximum absolute atomic E-state index is 13.8. The molecule has 69 heavy (non-hydrogen) atoms. The number of pyridine rings is 2. The maximum atomic E-state index is 13.8. The molecular formula is C46H39BK2N4O13S3+2. The summed E-state index contributed by atoms with van der Waals surface area (Å²) in [5.74, 6) is -1.63. The van der Waals surface area contributed by atoms with Gasteiger partial charge >= 0.3 is 116 Å². The molecule has 0 aliphatic heterocycles. The second-order valence-electron chi connectivity index (χ2n) is 15.7. The molecule has 0 fully saturated rings. The van der Waals surface area contributed by atoms with Gasteiger partial charge in [-0.15, -0.1) is 0 Å². The Morgan fingerprint density at radius 3 is 1.67 bits per heavy atom. The molecule has 0 bridgehead atoms. The van der Waals surface area contributed by atoms with Gasteiger partial charge in [-0.1, -0.05) is 54.6 Å². The molecule has 0 aliphatic carbocycles. The van der Waals surface area contributed by atoms with Crippen molar-refractivity contribution >= 4 is 87.0 Å². The fraction of sp³-hybridized carbons (Fsp3) is 0.130. The number of carbonyl (C=O) groups excluding carboxylic acids is 2. The minimum atomic E-state index is -5.35. The molecule has 0 saturated heterocycles. The van der Waals surface area contributed by atoms with Crippen molar-refractivity contribution < 1.29 is 171 Å². The predicted octanol–water partition coefficient (Wildman–Crippen LogP) is -3.56. The van der Waals surface area contributed by atoms with E-state index in [0.29, 0.717) is 30.2 Å². The molecule has 0 aliphatic rings. The van der Waals surface area contributed by atoms with E-state index in [1.54, 1.807) is 30.3 Å². The van der Waals surface area contributed by atoms with Gasteiger partial charge in [0.15, 0.2) is 37.9 Å². The van der Waals surface area contributed by atoms with Crippen molar-refractivity contribution in [1.29, 1.82) is 0 Å². The largest absolute Gasteiger partial charge is 1.00 e. The van der Waals surface area contributed by atoms with Gasteiger partial charge in [0, 0.05) is 93.3 Å². The first-order valence-corrected chi connectivity index (χ1v) is 24.8. The SMILES string of the molecule is CC(=O)Oc1cc(S(=O)(=O)[O-])c2ccc3c(S(=O)(=O)[O-])cc(S(=O)(=O)NCCCNC(=O)c4ccc(C[n+]5ccc(-c6cc[n+](Cc7cccc(B(O)O)c7)cc6)cc5)cc4)c4ccc1c2c34.[K+].[K+]. The van der Waals surface area contributed by atoms with Crippen LogP contribution in [0.1, 0.15) is 34.8 Å². The molecule has 4 N–H and O–H groups in total. The molecule has 8 aromatic rings. The molecule has 0 spiro atoms. The fourth-order valence-electron chi connectivity index (χ4n) is 7.96. The van der Waals surface area contributed by atoms with Crippen molar-refractivity contribution in [3.05, 3.63) is 151 Å². The number of sulfonamides is 1. The van der Waals surface area contributed by atoms with E-state index in [9.17, 15) is 54.0 Å². The van der Waals surface area contributed by atoms with Crippen LogP contribution in [-0.4, -0.2) is 76.5 Å². The van der Waals surface area contributed by atoms with Gasteiger partial charge in [-0.05, 0) is 53.3 Å². The zero-order valence-electron chi connectivity index (χ0n) is 37.3. The molecule has 6 aromatic carbocycles. The number of nitrogens with one attached hydrogen (secondary N) is 2. The van der Waals surface area contributed by atoms with E-state index in [0.717, 1.165) is 47.4 Å². The molecule has 17 nitrogen and oxygen atoms in total. The minimum Gasteiger partial charge on any atom is -0.744 e. The third kappa shape index (κ3) is 12.6. The smallest absolute Gasteiger partial charge is 0.744 e. The summed E-state index contributed by atoms with van der Waals surface area (Å²) in [4.78, 5) is 22.6. The third-order valence-corrected chi connectivity index (χ3v) is 14.3. The fourth-order valence-corrected chi connectivity index (χ4v) is 10.7. The summed E-state index contributed by atoms with van der Waals surface area (Å²) in [6.07, 6.45) is 7.92. The standard InChI is InChI=1S/C46H39BN4O13S3.2K/c1-29(52)64-40-25-42(66(58,59)60)38-12-13-39-43(67(61,62)63)26-41(37-11-10-36(40)44(38)45(37)39)65(56,57)49-19-3-18-48-46(53)34-8-6-30(7-9-34)27-50-20-14-32(15-21-50)33-16-22-51(23-17-33)28-31-4-2-5-35(24-31)47(54)55;;/h2,4-17,20-26,49,54-55H,3,18-19,27-28H2,1H3,(H-2,48,53,58,59,60,61,62,63);;/q;2*+1. The van der Waals surface area contributed by atoms with Crippen molar-refractivity contribution in [3.8, 4) is 16.9 Å². The number of carbonyl (C=O) groups is 2. The summed E-state index contributed by atoms with van der Waals surface area (Å²) >= 11 is 0. The van der Waals surface area contributed by atoms with Crippen molar-refractivity contribution in [2.24, 2.45) is 0 Å². The Bertz CT molecular complexity index is 3570. The van der Waals surface area contributed by atoms with Crippen LogP contribution in [0.15, 0.2) is 149 Å². The average molecular weight is 1040 g/mol. The second kappa shape index (κ2) is 22.6. The normalized spacial score (nSPS) is 11.8. The van der Waals surface area contributed by atoms with E-state index in [4.69, 9.17) is 4.74 Å². The Morgan fingerprint density at radius 1 is 0.623 bits per heavy atom. The summed E-state index contributed by atoms with van der Waals surface area (Å²) in [6, 6.07) is 28.5. The second-order valence-corrected chi connectivity index (χ2v) is 20.1. The summed E-state index contributed by atoms with van der Waals surface area (Å²) in [5.41, 5.74) is 4.70. The number of benzene rings is 6. The van der Waals surface area contributed by atoms with Gasteiger partial charge in [-0.2, -0.15) is 0 Å². The molecule has 0 unspecified atom stereocenters. The molecule has 342 valence electrons. The Morgan fingerprint density at radius 2 is 1.13 bits per heavy atom. The van der Waals surface area contributed by atoms with Crippen LogP contribution in [0.3, 0.4) is 0 Å². The van der Waals surface area contributed by atoms with Gasteiger partial charge in [0.25, 0.3) is 5.91 Å². The number of rotatable bonds is 16. The Kier molecular flexibility index (Phi) is 18.0. The van der Waals surface area contributed by atoms with E-state index >= 15 is 0 Å². The molecule has 1 amide bonds. The first kappa shape index (κ1) is 54.9. The van der Waals surface area contributed by atoms with Gasteiger partial charge in [-0.25, -0.2) is 39.1 Å². The van der Waals surface area contributed by atoms with E-state index in [2.05, 4.69) is 10.0 Å². The van der Waals surface area contributed by atoms with Crippen LogP contribution in [0.2, 0.25) is 0 Å². The predicted molar refractivity (Wildman–Crippen MR) is 243 cm³/mol. The first-order valence-electron chi connectivity index (χ1n) is 20.5. The number of amides is 1. The van der Waals surface area contributed by atoms with Gasteiger partial charge in [0.05, 0.1) is 14.7 Å². The summed E-state index contributed by atoms with van der Waals surface area (Å²) < 4.78 is 114. The van der Waals surface area contributed by atoms with E-state index in [1.807, 2.05) is 76.4 Å². The number of nitrogens with zero attached hydrogens (tertiary/aromatic N) is 2. The molecule has 0 saturated carbocycles. The molecule has 0 radical (unpaired) electrons. The van der Waals surface area contributed by atoms with Crippen LogP contribution in [0, 0.1) is 0 Å². The minimum absolute atomic E-state index is 0.